The Hall–Kier alpha value is -1.59. The number of ether oxygens (including phenoxy) is 2. The fourth-order valence-corrected chi connectivity index (χ4v) is 2.32. The van der Waals surface area contributed by atoms with E-state index in [9.17, 15) is 0 Å². The van der Waals surface area contributed by atoms with Crippen molar-refractivity contribution in [2.45, 2.75) is 20.8 Å². The minimum absolute atomic E-state index is 0.00546. The van der Waals surface area contributed by atoms with Gasteiger partial charge in [0.2, 0.25) is 0 Å². The Kier molecular flexibility index (Phi) is 6.65. The van der Waals surface area contributed by atoms with Crippen LogP contribution >= 0.6 is 0 Å². The second-order valence-electron chi connectivity index (χ2n) is 5.55. The number of methoxy groups -OCH3 is 2. The average Bonchev–Trinajstić information content (AvgIpc) is 2.47. The molecule has 0 saturated carbocycles. The lowest BCUT2D eigenvalue weighted by Crippen LogP contribution is -2.20. The summed E-state index contributed by atoms with van der Waals surface area (Å²) in [6.07, 6.45) is 1.97. The van der Waals surface area contributed by atoms with E-state index in [1.807, 2.05) is 30.3 Å². The summed E-state index contributed by atoms with van der Waals surface area (Å²) in [4.78, 5) is 0. The van der Waals surface area contributed by atoms with Crippen LogP contribution in [0.15, 0.2) is 36.1 Å². The van der Waals surface area contributed by atoms with Gasteiger partial charge in [0.05, 0.1) is 24.5 Å². The highest BCUT2D eigenvalue weighted by Crippen LogP contribution is 2.28. The smallest absolute Gasteiger partial charge is 0.424 e. The summed E-state index contributed by atoms with van der Waals surface area (Å²) in [5.41, 5.74) is 1.03. The van der Waals surface area contributed by atoms with Crippen LogP contribution in [0, 0.1) is 5.41 Å². The SMILES string of the molecule is COC.COc1ccc(C2=[O+][Si-]OC(C(C)(C)C)=C2)cc1. The van der Waals surface area contributed by atoms with Crippen molar-refractivity contribution in [3.05, 3.63) is 41.7 Å². The van der Waals surface area contributed by atoms with Crippen LogP contribution in [-0.4, -0.2) is 37.1 Å². The molecule has 0 atom stereocenters. The fourth-order valence-electron chi connectivity index (χ4n) is 1.56. The second kappa shape index (κ2) is 8.00. The number of benzene rings is 1. The van der Waals surface area contributed by atoms with E-state index in [1.165, 1.54) is 0 Å². The molecule has 0 bridgehead atoms. The molecule has 21 heavy (non-hydrogen) atoms. The molecule has 1 aromatic carbocycles. The Balaban J connectivity index is 0.000000677. The third-order valence-corrected chi connectivity index (χ3v) is 3.29. The van der Waals surface area contributed by atoms with Gasteiger partial charge >= 0.3 is 10.0 Å². The zero-order valence-corrected chi connectivity index (χ0v) is 14.5. The molecular formula is C16H23O4Si. The largest absolute Gasteiger partial charge is 0.632 e. The number of carbonyl (C=O) groups excluding carboxylic acids is 1. The van der Waals surface area contributed by atoms with Gasteiger partial charge < -0.3 is 18.0 Å². The van der Waals surface area contributed by atoms with Gasteiger partial charge in [0, 0.05) is 19.6 Å². The predicted octanol–water partition coefficient (Wildman–Crippen LogP) is 3.17. The number of rotatable bonds is 2. The highest BCUT2D eigenvalue weighted by molar-refractivity contribution is 6.22. The van der Waals surface area contributed by atoms with E-state index in [1.54, 1.807) is 21.3 Å². The first kappa shape index (κ1) is 17.5. The summed E-state index contributed by atoms with van der Waals surface area (Å²) in [6, 6.07) is 7.82. The van der Waals surface area contributed by atoms with E-state index >= 15 is 0 Å². The highest BCUT2D eigenvalue weighted by Gasteiger charge is 2.23. The summed E-state index contributed by atoms with van der Waals surface area (Å²) in [5, 5.41) is 0. The molecule has 115 valence electrons. The number of hydrogen-bond acceptors (Lipinski definition) is 3. The number of ketones is 1. The molecule has 2 rings (SSSR count). The van der Waals surface area contributed by atoms with E-state index in [2.05, 4.69) is 25.5 Å². The van der Waals surface area contributed by atoms with Gasteiger partial charge in [-0.2, -0.15) is 0 Å². The van der Waals surface area contributed by atoms with Crippen LogP contribution in [0.4, 0.5) is 0 Å². The molecule has 0 fully saturated rings. The first-order valence-corrected chi connectivity index (χ1v) is 7.46. The molecular weight excluding hydrogens is 284 g/mol. The van der Waals surface area contributed by atoms with E-state index in [0.717, 1.165) is 22.9 Å². The van der Waals surface area contributed by atoms with E-state index < -0.39 is 0 Å². The zero-order valence-electron chi connectivity index (χ0n) is 13.5. The molecule has 0 aliphatic carbocycles. The minimum atomic E-state index is -0.00546. The van der Waals surface area contributed by atoms with Crippen molar-refractivity contribution in [1.82, 2.24) is 0 Å². The van der Waals surface area contributed by atoms with Crippen molar-refractivity contribution in [1.29, 1.82) is 0 Å². The molecule has 1 radical (unpaired) electrons. The van der Waals surface area contributed by atoms with Crippen molar-refractivity contribution in [2.75, 3.05) is 21.3 Å². The van der Waals surface area contributed by atoms with Crippen molar-refractivity contribution in [2.24, 2.45) is 5.41 Å². The fraction of sp³-hybridized carbons (Fsp3) is 0.438. The normalized spacial score (nSPS) is 13.8. The van der Waals surface area contributed by atoms with E-state index in [-0.39, 0.29) is 15.4 Å². The first-order valence-electron chi connectivity index (χ1n) is 6.64. The van der Waals surface area contributed by atoms with Crippen LogP contribution in [0.2, 0.25) is 0 Å². The van der Waals surface area contributed by atoms with Gasteiger partial charge in [0.15, 0.2) is 0 Å². The molecule has 5 heteroatoms. The molecule has 0 saturated heterocycles. The maximum atomic E-state index is 5.57. The Morgan fingerprint density at radius 2 is 1.62 bits per heavy atom. The summed E-state index contributed by atoms with van der Waals surface area (Å²) in [5.74, 6) is 2.65. The van der Waals surface area contributed by atoms with Gasteiger partial charge in [-0.05, 0) is 24.3 Å². The van der Waals surface area contributed by atoms with E-state index in [0.29, 0.717) is 0 Å². The van der Waals surface area contributed by atoms with Crippen molar-refractivity contribution in [3.8, 4) is 5.75 Å². The van der Waals surface area contributed by atoms with Gasteiger partial charge in [-0.25, -0.2) is 0 Å². The Bertz CT molecular complexity index is 498. The second-order valence-corrected chi connectivity index (χ2v) is 6.12. The summed E-state index contributed by atoms with van der Waals surface area (Å²) in [6.45, 7) is 6.38. The molecule has 0 spiro atoms. The van der Waals surface area contributed by atoms with Gasteiger partial charge in [0.25, 0.3) is 5.78 Å². The summed E-state index contributed by atoms with van der Waals surface area (Å²) in [7, 11) is 4.93. The van der Waals surface area contributed by atoms with Crippen LogP contribution < -0.4 is 4.74 Å². The molecule has 0 aromatic heterocycles. The van der Waals surface area contributed by atoms with Crippen molar-refractivity contribution < 1.29 is 18.0 Å². The third-order valence-electron chi connectivity index (χ3n) is 2.68. The lowest BCUT2D eigenvalue weighted by molar-refractivity contribution is -0.109. The third kappa shape index (κ3) is 5.36. The van der Waals surface area contributed by atoms with Crippen LogP contribution in [0.3, 0.4) is 0 Å². The Morgan fingerprint density at radius 3 is 2.10 bits per heavy atom. The van der Waals surface area contributed by atoms with Crippen LogP contribution in [0.5, 0.6) is 5.75 Å². The molecule has 0 amide bonds. The maximum Gasteiger partial charge on any atom is 0.424 e. The van der Waals surface area contributed by atoms with Crippen LogP contribution in [0.25, 0.3) is 0 Å². The lowest BCUT2D eigenvalue weighted by Gasteiger charge is -2.27. The van der Waals surface area contributed by atoms with Gasteiger partial charge in [0.1, 0.15) is 5.75 Å². The molecule has 0 unspecified atom stereocenters. The molecule has 0 N–H and O–H groups in total. The van der Waals surface area contributed by atoms with Gasteiger partial charge in [-0.15, -0.1) is 0 Å². The minimum Gasteiger partial charge on any atom is -0.632 e. The molecule has 1 aliphatic heterocycles. The molecule has 1 aliphatic rings. The van der Waals surface area contributed by atoms with Gasteiger partial charge in [-0.3, -0.25) is 0 Å². The Morgan fingerprint density at radius 1 is 1.05 bits per heavy atom. The zero-order chi connectivity index (χ0) is 15.9. The summed E-state index contributed by atoms with van der Waals surface area (Å²) < 4.78 is 20.5. The first-order chi connectivity index (χ1) is 9.92. The van der Waals surface area contributed by atoms with Crippen LogP contribution in [0.1, 0.15) is 30.4 Å². The Labute approximate surface area is 129 Å². The quantitative estimate of drug-likeness (QED) is 0.622. The molecule has 1 aromatic rings. The maximum absolute atomic E-state index is 5.57. The molecule has 4 nitrogen and oxygen atoms in total. The number of hydrogen-bond donors (Lipinski definition) is 0. The molecule has 1 heterocycles. The topological polar surface area (TPSA) is 39.0 Å². The van der Waals surface area contributed by atoms with E-state index in [4.69, 9.17) is 13.3 Å². The summed E-state index contributed by atoms with van der Waals surface area (Å²) >= 11 is 0. The van der Waals surface area contributed by atoms with Gasteiger partial charge in [-0.1, -0.05) is 20.8 Å². The monoisotopic (exact) mass is 307 g/mol. The standard InChI is InChI=1S/C14H17O3Si.C2H6O/c1-14(2,3)13-9-12(16-18-17-13)10-5-7-11(15-4)8-6-10;1-3-2/h5-9H,1-4H3;1-2H3. The predicted molar refractivity (Wildman–Crippen MR) is 84.6 cm³/mol. The van der Waals surface area contributed by atoms with Crippen molar-refractivity contribution in [3.63, 3.8) is 0 Å². The average molecular weight is 307 g/mol. The highest BCUT2D eigenvalue weighted by atomic mass is 28.2. The lowest BCUT2D eigenvalue weighted by atomic mass is 9.92. The van der Waals surface area contributed by atoms with Crippen molar-refractivity contribution >= 4 is 15.8 Å². The van der Waals surface area contributed by atoms with Crippen LogP contribution in [-0.2, 0) is 9.16 Å². The number of allylic oxidation sites excluding steroid dienone is 2.